The van der Waals surface area contributed by atoms with E-state index in [1.165, 1.54) is 6.26 Å². The minimum absolute atomic E-state index is 0.0789. The molecule has 0 saturated carbocycles. The second-order valence-corrected chi connectivity index (χ2v) is 5.05. The van der Waals surface area contributed by atoms with Crippen molar-refractivity contribution in [3.05, 3.63) is 66.7 Å². The number of rotatable bonds is 6. The lowest BCUT2D eigenvalue weighted by Crippen LogP contribution is -2.21. The van der Waals surface area contributed by atoms with Gasteiger partial charge in [0.2, 0.25) is 5.91 Å². The second-order valence-electron chi connectivity index (χ2n) is 5.05. The Kier molecular flexibility index (Phi) is 5.01. The number of nitrogens with zero attached hydrogens (tertiary/aromatic N) is 2. The van der Waals surface area contributed by atoms with Gasteiger partial charge in [-0.3, -0.25) is 14.6 Å². The molecule has 0 atom stereocenters. The molecule has 0 saturated heterocycles. The normalized spacial score (nSPS) is 10.1. The predicted molar refractivity (Wildman–Crippen MR) is 92.3 cm³/mol. The Morgan fingerprint density at radius 2 is 1.64 bits per heavy atom. The van der Waals surface area contributed by atoms with Crippen LogP contribution in [0.4, 0.5) is 17.2 Å². The SMILES string of the molecule is O=C(CNc1ccc(NC(=O)c2ccncc2)cc1)Nc1ccon1. The van der Waals surface area contributed by atoms with E-state index in [4.69, 9.17) is 0 Å². The molecule has 0 aliphatic heterocycles. The summed E-state index contributed by atoms with van der Waals surface area (Å²) in [6.45, 7) is 0.0789. The summed E-state index contributed by atoms with van der Waals surface area (Å²) in [7, 11) is 0. The Hall–Kier alpha value is -3.68. The molecule has 8 heteroatoms. The van der Waals surface area contributed by atoms with Crippen LogP contribution in [-0.2, 0) is 4.79 Å². The van der Waals surface area contributed by atoms with Crippen LogP contribution in [0.1, 0.15) is 10.4 Å². The van der Waals surface area contributed by atoms with Gasteiger partial charge in [0.15, 0.2) is 5.82 Å². The largest absolute Gasteiger partial charge is 0.376 e. The van der Waals surface area contributed by atoms with Gasteiger partial charge in [-0.1, -0.05) is 5.16 Å². The summed E-state index contributed by atoms with van der Waals surface area (Å²) in [5.41, 5.74) is 1.93. The second kappa shape index (κ2) is 7.73. The van der Waals surface area contributed by atoms with Crippen molar-refractivity contribution >= 4 is 29.0 Å². The fourth-order valence-electron chi connectivity index (χ4n) is 2.02. The number of hydrogen-bond acceptors (Lipinski definition) is 6. The van der Waals surface area contributed by atoms with Crippen LogP contribution in [0.3, 0.4) is 0 Å². The van der Waals surface area contributed by atoms with Crippen LogP contribution < -0.4 is 16.0 Å². The highest BCUT2D eigenvalue weighted by Gasteiger charge is 2.06. The molecule has 3 N–H and O–H groups in total. The highest BCUT2D eigenvalue weighted by atomic mass is 16.5. The van der Waals surface area contributed by atoms with Crippen LogP contribution in [0.5, 0.6) is 0 Å². The predicted octanol–water partition coefficient (Wildman–Crippen LogP) is 2.37. The lowest BCUT2D eigenvalue weighted by molar-refractivity contribution is -0.114. The molecule has 0 bridgehead atoms. The monoisotopic (exact) mass is 337 g/mol. The maximum atomic E-state index is 12.0. The molecule has 1 aromatic carbocycles. The summed E-state index contributed by atoms with van der Waals surface area (Å²) in [5.74, 6) is -0.0972. The lowest BCUT2D eigenvalue weighted by Gasteiger charge is -2.08. The van der Waals surface area contributed by atoms with Crippen molar-refractivity contribution in [3.8, 4) is 0 Å². The molecule has 126 valence electrons. The number of amides is 2. The molecule has 3 rings (SSSR count). The molecule has 0 fully saturated rings. The number of benzene rings is 1. The van der Waals surface area contributed by atoms with Gasteiger partial charge >= 0.3 is 0 Å². The third-order valence-corrected chi connectivity index (χ3v) is 3.24. The van der Waals surface area contributed by atoms with E-state index in [1.807, 2.05) is 0 Å². The van der Waals surface area contributed by atoms with Gasteiger partial charge in [-0.2, -0.15) is 0 Å². The zero-order chi connectivity index (χ0) is 17.5. The molecule has 2 aromatic heterocycles. The molecule has 0 aliphatic rings. The van der Waals surface area contributed by atoms with Crippen LogP contribution in [0.15, 0.2) is 65.6 Å². The molecule has 3 aromatic rings. The quantitative estimate of drug-likeness (QED) is 0.637. The van der Waals surface area contributed by atoms with Crippen molar-refractivity contribution in [2.24, 2.45) is 0 Å². The molecule has 0 spiro atoms. The fourth-order valence-corrected chi connectivity index (χ4v) is 2.02. The van der Waals surface area contributed by atoms with Gasteiger partial charge in [0.25, 0.3) is 5.91 Å². The van der Waals surface area contributed by atoms with Crippen LogP contribution in [0, 0.1) is 0 Å². The average molecular weight is 337 g/mol. The standard InChI is InChI=1S/C17H15N5O3/c23-16(21-15-7-10-25-22-15)11-19-13-1-3-14(4-2-13)20-17(24)12-5-8-18-9-6-12/h1-10,19H,11H2,(H,20,24)(H,21,22,23). The van der Waals surface area contributed by atoms with E-state index < -0.39 is 0 Å². The zero-order valence-electron chi connectivity index (χ0n) is 13.1. The first kappa shape index (κ1) is 16.2. The molecule has 0 radical (unpaired) electrons. The van der Waals surface area contributed by atoms with Crippen molar-refractivity contribution in [3.63, 3.8) is 0 Å². The molecule has 25 heavy (non-hydrogen) atoms. The van der Waals surface area contributed by atoms with Crippen LogP contribution in [-0.4, -0.2) is 28.5 Å². The van der Waals surface area contributed by atoms with Crippen molar-refractivity contribution in [1.82, 2.24) is 10.1 Å². The molecule has 2 amide bonds. The Morgan fingerprint density at radius 3 is 2.32 bits per heavy atom. The van der Waals surface area contributed by atoms with E-state index in [0.717, 1.165) is 5.69 Å². The molecule has 8 nitrogen and oxygen atoms in total. The zero-order valence-corrected chi connectivity index (χ0v) is 13.1. The summed E-state index contributed by atoms with van der Waals surface area (Å²) in [6.07, 6.45) is 4.50. The van der Waals surface area contributed by atoms with E-state index >= 15 is 0 Å². The summed E-state index contributed by atoms with van der Waals surface area (Å²) in [6, 6.07) is 11.9. The fraction of sp³-hybridized carbons (Fsp3) is 0.0588. The number of nitrogens with one attached hydrogen (secondary N) is 3. The Balaban J connectivity index is 1.50. The number of hydrogen-bond donors (Lipinski definition) is 3. The summed E-state index contributed by atoms with van der Waals surface area (Å²) >= 11 is 0. The molecule has 0 aliphatic carbocycles. The van der Waals surface area contributed by atoms with Crippen LogP contribution in [0.2, 0.25) is 0 Å². The van der Waals surface area contributed by atoms with Crippen LogP contribution in [0.25, 0.3) is 0 Å². The summed E-state index contributed by atoms with van der Waals surface area (Å²) in [4.78, 5) is 27.7. The first-order chi connectivity index (χ1) is 12.2. The molecule has 2 heterocycles. The van der Waals surface area contributed by atoms with E-state index in [9.17, 15) is 9.59 Å². The Morgan fingerprint density at radius 1 is 0.920 bits per heavy atom. The highest BCUT2D eigenvalue weighted by Crippen LogP contribution is 2.14. The minimum atomic E-state index is -0.246. The smallest absolute Gasteiger partial charge is 0.255 e. The molecule has 0 unspecified atom stereocenters. The first-order valence-electron chi connectivity index (χ1n) is 7.46. The maximum Gasteiger partial charge on any atom is 0.255 e. The van der Waals surface area contributed by atoms with E-state index in [1.54, 1.807) is 54.9 Å². The number of carbonyl (C=O) groups excluding carboxylic acids is 2. The molecular formula is C17H15N5O3. The average Bonchev–Trinajstić information content (AvgIpc) is 3.15. The Bertz CT molecular complexity index is 832. The summed E-state index contributed by atoms with van der Waals surface area (Å²) < 4.78 is 4.63. The van der Waals surface area contributed by atoms with Gasteiger partial charge in [0.05, 0.1) is 6.54 Å². The van der Waals surface area contributed by atoms with Crippen molar-refractivity contribution in [1.29, 1.82) is 0 Å². The van der Waals surface area contributed by atoms with E-state index in [2.05, 4.69) is 30.6 Å². The maximum absolute atomic E-state index is 12.0. The van der Waals surface area contributed by atoms with Crippen molar-refractivity contribution in [2.45, 2.75) is 0 Å². The number of aromatic nitrogens is 2. The third-order valence-electron chi connectivity index (χ3n) is 3.24. The minimum Gasteiger partial charge on any atom is -0.376 e. The third kappa shape index (κ3) is 4.64. The van der Waals surface area contributed by atoms with Gasteiger partial charge < -0.3 is 20.5 Å². The topological polar surface area (TPSA) is 109 Å². The van der Waals surface area contributed by atoms with Gasteiger partial charge in [0.1, 0.15) is 6.26 Å². The van der Waals surface area contributed by atoms with E-state index in [-0.39, 0.29) is 18.4 Å². The number of anilines is 3. The van der Waals surface area contributed by atoms with Crippen LogP contribution >= 0.6 is 0 Å². The molecular weight excluding hydrogens is 322 g/mol. The first-order valence-corrected chi connectivity index (χ1v) is 7.46. The summed E-state index contributed by atoms with van der Waals surface area (Å²) in [5, 5.41) is 11.9. The van der Waals surface area contributed by atoms with Gasteiger partial charge in [-0.25, -0.2) is 0 Å². The number of carbonyl (C=O) groups is 2. The highest BCUT2D eigenvalue weighted by molar-refractivity contribution is 6.04. The number of pyridine rings is 1. The van der Waals surface area contributed by atoms with Crippen molar-refractivity contribution < 1.29 is 14.1 Å². The lowest BCUT2D eigenvalue weighted by atomic mass is 10.2. The van der Waals surface area contributed by atoms with Gasteiger partial charge in [0, 0.05) is 35.4 Å². The van der Waals surface area contributed by atoms with Gasteiger partial charge in [-0.05, 0) is 36.4 Å². The van der Waals surface area contributed by atoms with E-state index in [0.29, 0.717) is 17.1 Å². The Labute approximate surface area is 143 Å². The van der Waals surface area contributed by atoms with Gasteiger partial charge in [-0.15, -0.1) is 0 Å². The van der Waals surface area contributed by atoms with Crippen molar-refractivity contribution in [2.75, 3.05) is 22.5 Å².